The summed E-state index contributed by atoms with van der Waals surface area (Å²) in [5, 5.41) is 21.2. The van der Waals surface area contributed by atoms with Crippen molar-refractivity contribution in [2.75, 3.05) is 26.0 Å². The molecule has 0 saturated heterocycles. The number of hydrogen-bond acceptors (Lipinski definition) is 4. The summed E-state index contributed by atoms with van der Waals surface area (Å²) in [6.45, 7) is 3.40. The Balaban J connectivity index is 3.10. The molecule has 2 atom stereocenters. The monoisotopic (exact) mass is 193 g/mol. The SMILES string of the molecule is CSC(C)CCNCC(O)CO. The smallest absolute Gasteiger partial charge is 0.0894 e. The van der Waals surface area contributed by atoms with E-state index < -0.39 is 6.10 Å². The van der Waals surface area contributed by atoms with Crippen LogP contribution in [0.2, 0.25) is 0 Å². The van der Waals surface area contributed by atoms with Gasteiger partial charge in [0.05, 0.1) is 12.7 Å². The first-order valence-electron chi connectivity index (χ1n) is 4.23. The predicted molar refractivity (Wildman–Crippen MR) is 53.6 cm³/mol. The van der Waals surface area contributed by atoms with E-state index in [1.54, 1.807) is 0 Å². The second kappa shape index (κ2) is 7.86. The Morgan fingerprint density at radius 2 is 2.17 bits per heavy atom. The maximum atomic E-state index is 8.96. The lowest BCUT2D eigenvalue weighted by molar-refractivity contribution is 0.0946. The van der Waals surface area contributed by atoms with Gasteiger partial charge >= 0.3 is 0 Å². The van der Waals surface area contributed by atoms with Crippen LogP contribution in [0.1, 0.15) is 13.3 Å². The fourth-order valence-corrected chi connectivity index (χ4v) is 1.11. The van der Waals surface area contributed by atoms with Crippen molar-refractivity contribution in [1.29, 1.82) is 0 Å². The number of hydrogen-bond donors (Lipinski definition) is 3. The number of rotatable bonds is 7. The summed E-state index contributed by atoms with van der Waals surface area (Å²) in [5.74, 6) is 0. The standard InChI is InChI=1S/C8H19NO2S/c1-7(12-2)3-4-9-5-8(11)6-10/h7-11H,3-6H2,1-2H3. The Morgan fingerprint density at radius 3 is 2.67 bits per heavy atom. The van der Waals surface area contributed by atoms with Gasteiger partial charge in [-0.15, -0.1) is 0 Å². The molecule has 0 aromatic heterocycles. The van der Waals surface area contributed by atoms with Crippen LogP contribution in [0.4, 0.5) is 0 Å². The number of thioether (sulfide) groups is 1. The number of aliphatic hydroxyl groups excluding tert-OH is 2. The molecule has 0 aromatic rings. The molecule has 0 heterocycles. The van der Waals surface area contributed by atoms with Crippen molar-refractivity contribution in [2.24, 2.45) is 0 Å². The van der Waals surface area contributed by atoms with Gasteiger partial charge in [-0.2, -0.15) is 11.8 Å². The molecule has 0 spiro atoms. The third-order valence-corrected chi connectivity index (χ3v) is 2.76. The molecular weight excluding hydrogens is 174 g/mol. The van der Waals surface area contributed by atoms with Crippen molar-refractivity contribution < 1.29 is 10.2 Å². The van der Waals surface area contributed by atoms with E-state index in [1.165, 1.54) is 0 Å². The minimum Gasteiger partial charge on any atom is -0.394 e. The van der Waals surface area contributed by atoms with Crippen LogP contribution < -0.4 is 5.32 Å². The molecule has 0 bridgehead atoms. The lowest BCUT2D eigenvalue weighted by atomic mass is 10.3. The van der Waals surface area contributed by atoms with Crippen LogP contribution in [-0.4, -0.2) is 47.5 Å². The maximum absolute atomic E-state index is 8.96. The van der Waals surface area contributed by atoms with E-state index in [0.29, 0.717) is 11.8 Å². The summed E-state index contributed by atoms with van der Waals surface area (Å²) < 4.78 is 0. The molecule has 0 aliphatic rings. The zero-order chi connectivity index (χ0) is 9.40. The normalized spacial score (nSPS) is 16.0. The minimum atomic E-state index is -0.616. The predicted octanol–water partition coefficient (Wildman–Crippen LogP) is 0.0708. The first-order chi connectivity index (χ1) is 5.70. The van der Waals surface area contributed by atoms with Gasteiger partial charge in [-0.1, -0.05) is 6.92 Å². The summed E-state index contributed by atoms with van der Waals surface area (Å²) >= 11 is 1.84. The van der Waals surface area contributed by atoms with Crippen LogP contribution in [0.15, 0.2) is 0 Å². The van der Waals surface area contributed by atoms with Crippen molar-refractivity contribution in [3.63, 3.8) is 0 Å². The van der Waals surface area contributed by atoms with Gasteiger partial charge < -0.3 is 15.5 Å². The molecule has 3 nitrogen and oxygen atoms in total. The average Bonchev–Trinajstić information content (AvgIpc) is 2.11. The Kier molecular flexibility index (Phi) is 8.01. The zero-order valence-corrected chi connectivity index (χ0v) is 8.60. The molecule has 3 N–H and O–H groups in total. The van der Waals surface area contributed by atoms with Crippen molar-refractivity contribution >= 4 is 11.8 Å². The molecule has 0 aromatic carbocycles. The van der Waals surface area contributed by atoms with Gasteiger partial charge in [-0.25, -0.2) is 0 Å². The lowest BCUT2D eigenvalue weighted by Gasteiger charge is -2.11. The molecule has 0 aliphatic heterocycles. The second-order valence-corrected chi connectivity index (χ2v) is 4.15. The molecule has 0 amide bonds. The first-order valence-corrected chi connectivity index (χ1v) is 5.52. The molecule has 12 heavy (non-hydrogen) atoms. The van der Waals surface area contributed by atoms with Crippen LogP contribution in [0.3, 0.4) is 0 Å². The van der Waals surface area contributed by atoms with E-state index in [4.69, 9.17) is 10.2 Å². The quantitative estimate of drug-likeness (QED) is 0.501. The summed E-state index contributed by atoms with van der Waals surface area (Å²) in [5.41, 5.74) is 0. The molecule has 0 rings (SSSR count). The molecule has 4 heteroatoms. The van der Waals surface area contributed by atoms with Gasteiger partial charge in [0.25, 0.3) is 0 Å². The lowest BCUT2D eigenvalue weighted by Crippen LogP contribution is -2.30. The van der Waals surface area contributed by atoms with E-state index in [1.807, 2.05) is 11.8 Å². The first kappa shape index (κ1) is 12.2. The topological polar surface area (TPSA) is 52.5 Å². The van der Waals surface area contributed by atoms with Crippen LogP contribution in [0.5, 0.6) is 0 Å². The summed E-state index contributed by atoms with van der Waals surface area (Å²) in [6, 6.07) is 0. The van der Waals surface area contributed by atoms with Gasteiger partial charge in [0.15, 0.2) is 0 Å². The molecule has 74 valence electrons. The van der Waals surface area contributed by atoms with Gasteiger partial charge in [-0.3, -0.25) is 0 Å². The molecule has 0 aliphatic carbocycles. The van der Waals surface area contributed by atoms with E-state index in [-0.39, 0.29) is 6.61 Å². The van der Waals surface area contributed by atoms with Crippen LogP contribution in [0.25, 0.3) is 0 Å². The maximum Gasteiger partial charge on any atom is 0.0894 e. The Morgan fingerprint density at radius 1 is 1.50 bits per heavy atom. The van der Waals surface area contributed by atoms with Crippen molar-refractivity contribution in [3.05, 3.63) is 0 Å². The van der Waals surface area contributed by atoms with E-state index in [9.17, 15) is 0 Å². The highest BCUT2D eigenvalue weighted by atomic mass is 32.2. The Hall–Kier alpha value is 0.230. The molecule has 2 unspecified atom stereocenters. The second-order valence-electron chi connectivity index (χ2n) is 2.88. The molecular formula is C8H19NO2S. The van der Waals surface area contributed by atoms with Crippen LogP contribution >= 0.6 is 11.8 Å². The number of nitrogens with one attached hydrogen (secondary N) is 1. The third-order valence-electron chi connectivity index (χ3n) is 1.72. The fraction of sp³-hybridized carbons (Fsp3) is 1.00. The summed E-state index contributed by atoms with van der Waals surface area (Å²) in [4.78, 5) is 0. The van der Waals surface area contributed by atoms with E-state index >= 15 is 0 Å². The van der Waals surface area contributed by atoms with Crippen molar-refractivity contribution in [1.82, 2.24) is 5.32 Å². The Bertz CT molecular complexity index is 91.1. The van der Waals surface area contributed by atoms with Gasteiger partial charge in [0.1, 0.15) is 0 Å². The van der Waals surface area contributed by atoms with Crippen molar-refractivity contribution in [2.45, 2.75) is 24.7 Å². The van der Waals surface area contributed by atoms with Gasteiger partial charge in [0, 0.05) is 11.8 Å². The van der Waals surface area contributed by atoms with Crippen LogP contribution in [-0.2, 0) is 0 Å². The highest BCUT2D eigenvalue weighted by Crippen LogP contribution is 2.07. The van der Waals surface area contributed by atoms with E-state index in [0.717, 1.165) is 13.0 Å². The minimum absolute atomic E-state index is 0.162. The van der Waals surface area contributed by atoms with E-state index in [2.05, 4.69) is 18.5 Å². The molecule has 0 radical (unpaired) electrons. The zero-order valence-electron chi connectivity index (χ0n) is 7.79. The highest BCUT2D eigenvalue weighted by molar-refractivity contribution is 7.99. The summed E-state index contributed by atoms with van der Waals surface area (Å²) in [7, 11) is 0. The molecule has 0 fully saturated rings. The number of aliphatic hydroxyl groups is 2. The van der Waals surface area contributed by atoms with Gasteiger partial charge in [0.2, 0.25) is 0 Å². The molecule has 0 saturated carbocycles. The summed E-state index contributed by atoms with van der Waals surface area (Å²) in [6.07, 6.45) is 2.57. The fourth-order valence-electron chi connectivity index (χ4n) is 0.756. The average molecular weight is 193 g/mol. The highest BCUT2D eigenvalue weighted by Gasteiger charge is 2.01. The van der Waals surface area contributed by atoms with Crippen molar-refractivity contribution in [3.8, 4) is 0 Å². The van der Waals surface area contributed by atoms with Crippen LogP contribution in [0, 0.1) is 0 Å². The van der Waals surface area contributed by atoms with Gasteiger partial charge in [-0.05, 0) is 19.2 Å². The largest absolute Gasteiger partial charge is 0.394 e. The third kappa shape index (κ3) is 6.91. The Labute approximate surface area is 78.6 Å².